The molecule has 4 aromatic rings. The molecule has 0 atom stereocenters. The van der Waals surface area contributed by atoms with Crippen molar-refractivity contribution in [2.75, 3.05) is 23.5 Å². The average Bonchev–Trinajstić information content (AvgIpc) is 3.78. The van der Waals surface area contributed by atoms with Crippen LogP contribution < -0.4 is 10.2 Å². The number of hydrogen-bond acceptors (Lipinski definition) is 8. The number of halogens is 2. The molecule has 198 valence electrons. The molecule has 2 aliphatic carbocycles. The van der Waals surface area contributed by atoms with E-state index >= 15 is 8.78 Å². The third-order valence-corrected chi connectivity index (χ3v) is 7.93. The summed E-state index contributed by atoms with van der Waals surface area (Å²) in [6, 6.07) is 3.44. The number of benzene rings is 1. The number of hydrogen-bond donors (Lipinski definition) is 3. The number of aromatic amines is 2. The maximum Gasteiger partial charge on any atom is 0.232 e. The van der Waals surface area contributed by atoms with E-state index in [1.165, 1.54) is 11.9 Å². The summed E-state index contributed by atoms with van der Waals surface area (Å²) in [7, 11) is -2.36. The molecule has 2 aliphatic rings. The molecule has 3 heterocycles. The summed E-state index contributed by atoms with van der Waals surface area (Å²) in [5, 5.41) is 17.8. The molecule has 0 bridgehead atoms. The Labute approximate surface area is 217 Å². The second-order valence-corrected chi connectivity index (χ2v) is 12.0. The zero-order valence-electron chi connectivity index (χ0n) is 21.0. The lowest BCUT2D eigenvalue weighted by atomic mass is 10.0. The molecule has 0 saturated heterocycles. The van der Waals surface area contributed by atoms with E-state index in [4.69, 9.17) is 9.97 Å². The Hall–Kier alpha value is -3.87. The number of H-pyrrole nitrogens is 2. The Bertz CT molecular complexity index is 1630. The van der Waals surface area contributed by atoms with E-state index in [1.54, 1.807) is 6.20 Å². The fourth-order valence-corrected chi connectivity index (χ4v) is 5.25. The number of aryl methyl sites for hydroxylation is 1. The zero-order chi connectivity index (χ0) is 26.8. The van der Waals surface area contributed by atoms with E-state index in [-0.39, 0.29) is 11.9 Å². The van der Waals surface area contributed by atoms with Crippen molar-refractivity contribution in [3.63, 3.8) is 0 Å². The van der Waals surface area contributed by atoms with Crippen LogP contribution in [0, 0.1) is 18.6 Å². The Morgan fingerprint density at radius 1 is 1.03 bits per heavy atom. The predicted molar refractivity (Wildman–Crippen MR) is 138 cm³/mol. The minimum absolute atomic E-state index is 0.0343. The highest BCUT2D eigenvalue weighted by Crippen LogP contribution is 2.50. The van der Waals surface area contributed by atoms with Gasteiger partial charge in [0.05, 0.1) is 16.8 Å². The average molecular weight is 541 g/mol. The lowest BCUT2D eigenvalue weighted by Crippen LogP contribution is -2.19. The van der Waals surface area contributed by atoms with Crippen molar-refractivity contribution in [3.8, 4) is 11.3 Å². The van der Waals surface area contributed by atoms with Crippen LogP contribution in [0.3, 0.4) is 0 Å². The lowest BCUT2D eigenvalue weighted by molar-refractivity contribution is 0.569. The first-order valence-electron chi connectivity index (χ1n) is 12.3. The lowest BCUT2D eigenvalue weighted by Gasteiger charge is -2.22. The fourth-order valence-electron chi connectivity index (χ4n) is 4.62. The molecule has 13 heteroatoms. The first-order chi connectivity index (χ1) is 18.1. The molecule has 3 N–H and O–H groups in total. The standard InChI is InChI=1S/C25H26F2N8O2S/c1-12-8-19(33-32-12)29-24-20(13-4-5-13)22(16-11-28-34-21(16)14-6-7-14)30-25(31-24)35(2)23-17(26)9-15(10-18(23)27)38(3,36)37/h8-11,13-14H,4-7H2,1-3H3,(H,28,34)(H2,29,30,31,32,33). The SMILES string of the molecule is Cc1cc(Nc2nc(N(C)c3c(F)cc(S(C)(=O)=O)cc3F)nc(-c3cn[nH]c3C3CC3)c2C2CC2)n[nH]1. The summed E-state index contributed by atoms with van der Waals surface area (Å²) in [5.41, 5.74) is 3.76. The van der Waals surface area contributed by atoms with Crippen LogP contribution in [-0.4, -0.2) is 52.1 Å². The van der Waals surface area contributed by atoms with Crippen LogP contribution in [0.25, 0.3) is 11.3 Å². The molecule has 0 radical (unpaired) electrons. The summed E-state index contributed by atoms with van der Waals surface area (Å²) >= 11 is 0. The monoisotopic (exact) mass is 540 g/mol. The van der Waals surface area contributed by atoms with Crippen LogP contribution in [-0.2, 0) is 9.84 Å². The van der Waals surface area contributed by atoms with Gasteiger partial charge in [0.2, 0.25) is 5.95 Å². The molecular weight excluding hydrogens is 514 g/mol. The molecule has 6 rings (SSSR count). The van der Waals surface area contributed by atoms with Crippen LogP contribution in [0.4, 0.5) is 32.1 Å². The largest absolute Gasteiger partial charge is 0.323 e. The molecule has 1 aromatic carbocycles. The number of aromatic nitrogens is 6. The minimum Gasteiger partial charge on any atom is -0.323 e. The molecule has 10 nitrogen and oxygen atoms in total. The fraction of sp³-hybridized carbons (Fsp3) is 0.360. The van der Waals surface area contributed by atoms with E-state index in [0.29, 0.717) is 23.2 Å². The number of sulfone groups is 1. The summed E-state index contributed by atoms with van der Waals surface area (Å²) in [4.78, 5) is 10.3. The molecule has 2 fully saturated rings. The van der Waals surface area contributed by atoms with Gasteiger partial charge in [-0.1, -0.05) is 0 Å². The topological polar surface area (TPSA) is 133 Å². The maximum absolute atomic E-state index is 15.2. The summed E-state index contributed by atoms with van der Waals surface area (Å²) in [6.45, 7) is 1.88. The van der Waals surface area contributed by atoms with Crippen LogP contribution in [0.1, 0.15) is 54.5 Å². The second kappa shape index (κ2) is 8.86. The van der Waals surface area contributed by atoms with Crippen molar-refractivity contribution in [1.82, 2.24) is 30.4 Å². The van der Waals surface area contributed by atoms with Crippen LogP contribution in [0.5, 0.6) is 0 Å². The van der Waals surface area contributed by atoms with E-state index in [2.05, 4.69) is 25.7 Å². The third kappa shape index (κ3) is 4.51. The van der Waals surface area contributed by atoms with Gasteiger partial charge in [-0.25, -0.2) is 22.2 Å². The molecule has 0 unspecified atom stereocenters. The molecule has 3 aromatic heterocycles. The molecule has 2 saturated carbocycles. The number of rotatable bonds is 8. The smallest absolute Gasteiger partial charge is 0.232 e. The first-order valence-corrected chi connectivity index (χ1v) is 14.2. The van der Waals surface area contributed by atoms with E-state index in [1.807, 2.05) is 13.0 Å². The van der Waals surface area contributed by atoms with Gasteiger partial charge in [0.1, 0.15) is 11.5 Å². The van der Waals surface area contributed by atoms with Gasteiger partial charge < -0.3 is 10.2 Å². The number of nitrogens with one attached hydrogen (secondary N) is 3. The van der Waals surface area contributed by atoms with E-state index < -0.39 is 32.1 Å². The van der Waals surface area contributed by atoms with Gasteiger partial charge in [0, 0.05) is 47.8 Å². The first kappa shape index (κ1) is 24.5. The van der Waals surface area contributed by atoms with Crippen LogP contribution >= 0.6 is 0 Å². The van der Waals surface area contributed by atoms with Crippen molar-refractivity contribution in [3.05, 3.63) is 53.0 Å². The number of anilines is 4. The van der Waals surface area contributed by atoms with Crippen molar-refractivity contribution >= 4 is 33.1 Å². The highest BCUT2D eigenvalue weighted by molar-refractivity contribution is 7.90. The Balaban J connectivity index is 1.53. The van der Waals surface area contributed by atoms with Crippen molar-refractivity contribution < 1.29 is 17.2 Å². The Morgan fingerprint density at radius 3 is 2.29 bits per heavy atom. The van der Waals surface area contributed by atoms with Gasteiger partial charge in [-0.05, 0) is 50.7 Å². The van der Waals surface area contributed by atoms with Crippen LogP contribution in [0.15, 0.2) is 29.3 Å². The normalized spacial score (nSPS) is 15.6. The van der Waals surface area contributed by atoms with Gasteiger partial charge >= 0.3 is 0 Å². The van der Waals surface area contributed by atoms with Crippen molar-refractivity contribution in [2.45, 2.75) is 49.3 Å². The van der Waals surface area contributed by atoms with Gasteiger partial charge in [0.25, 0.3) is 0 Å². The van der Waals surface area contributed by atoms with E-state index in [9.17, 15) is 8.42 Å². The molecule has 0 spiro atoms. The van der Waals surface area contributed by atoms with Gasteiger partial charge in [0.15, 0.2) is 27.3 Å². The van der Waals surface area contributed by atoms with Crippen molar-refractivity contribution in [2.24, 2.45) is 0 Å². The molecular formula is C25H26F2N8O2S. The zero-order valence-corrected chi connectivity index (χ0v) is 21.8. The summed E-state index contributed by atoms with van der Waals surface area (Å²) < 4.78 is 54.1. The van der Waals surface area contributed by atoms with Gasteiger partial charge in [-0.3, -0.25) is 10.2 Å². The minimum atomic E-state index is -3.81. The van der Waals surface area contributed by atoms with Gasteiger partial charge in [-0.2, -0.15) is 15.2 Å². The molecule has 38 heavy (non-hydrogen) atoms. The van der Waals surface area contributed by atoms with Gasteiger partial charge in [-0.15, -0.1) is 0 Å². The second-order valence-electron chi connectivity index (χ2n) is 10.0. The number of nitrogens with zero attached hydrogens (tertiary/aromatic N) is 5. The molecule has 0 amide bonds. The highest BCUT2D eigenvalue weighted by atomic mass is 32.2. The maximum atomic E-state index is 15.2. The van der Waals surface area contributed by atoms with E-state index in [0.717, 1.165) is 66.6 Å². The highest BCUT2D eigenvalue weighted by Gasteiger charge is 2.36. The Morgan fingerprint density at radius 2 is 1.71 bits per heavy atom. The summed E-state index contributed by atoms with van der Waals surface area (Å²) in [6.07, 6.45) is 6.66. The predicted octanol–water partition coefficient (Wildman–Crippen LogP) is 4.85. The molecule has 0 aliphatic heterocycles. The van der Waals surface area contributed by atoms with Crippen LogP contribution in [0.2, 0.25) is 0 Å². The quantitative estimate of drug-likeness (QED) is 0.289. The van der Waals surface area contributed by atoms with Crippen molar-refractivity contribution in [1.29, 1.82) is 0 Å². The summed E-state index contributed by atoms with van der Waals surface area (Å²) in [5.74, 6) is -0.426. The Kier molecular flexibility index (Phi) is 5.70. The third-order valence-electron chi connectivity index (χ3n) is 6.84.